The van der Waals surface area contributed by atoms with Crippen molar-refractivity contribution >= 4 is 11.6 Å². The number of aromatic amines is 1. The Morgan fingerprint density at radius 1 is 1.00 bits per heavy atom. The molecule has 0 amide bonds. The molecule has 1 aliphatic heterocycles. The Hall–Kier alpha value is -3.58. The summed E-state index contributed by atoms with van der Waals surface area (Å²) in [6.45, 7) is 2.89. The van der Waals surface area contributed by atoms with E-state index in [1.807, 2.05) is 24.3 Å². The lowest BCUT2D eigenvalue weighted by Gasteiger charge is -2.31. The van der Waals surface area contributed by atoms with Gasteiger partial charge in [-0.2, -0.15) is 4.52 Å². The Labute approximate surface area is 185 Å². The maximum atomic E-state index is 12.7. The second-order valence-corrected chi connectivity index (χ2v) is 8.33. The summed E-state index contributed by atoms with van der Waals surface area (Å²) in [6, 6.07) is 21.2. The second-order valence-electron chi connectivity index (χ2n) is 8.33. The van der Waals surface area contributed by atoms with Gasteiger partial charge in [-0.25, -0.2) is 4.98 Å². The van der Waals surface area contributed by atoms with Crippen LogP contribution in [0.4, 0.5) is 0 Å². The zero-order valence-electron chi connectivity index (χ0n) is 17.8. The maximum absolute atomic E-state index is 12.7. The number of H-pyrrole nitrogens is 1. The second kappa shape index (κ2) is 8.88. The van der Waals surface area contributed by atoms with Crippen LogP contribution < -0.4 is 5.56 Å². The first-order chi connectivity index (χ1) is 15.7. The van der Waals surface area contributed by atoms with E-state index in [2.05, 4.69) is 44.2 Å². The van der Waals surface area contributed by atoms with E-state index in [-0.39, 0.29) is 23.7 Å². The molecule has 0 atom stereocenters. The highest BCUT2D eigenvalue weighted by Crippen LogP contribution is 2.27. The predicted octanol–water partition coefficient (Wildman–Crippen LogP) is 3.22. The molecule has 32 heavy (non-hydrogen) atoms. The van der Waals surface area contributed by atoms with Gasteiger partial charge in [-0.1, -0.05) is 60.7 Å². The summed E-state index contributed by atoms with van der Waals surface area (Å²) in [6.07, 6.45) is 2.02. The van der Waals surface area contributed by atoms with Crippen molar-refractivity contribution in [2.24, 2.45) is 0 Å². The summed E-state index contributed by atoms with van der Waals surface area (Å²) >= 11 is 0. The number of carbonyl (C=O) groups excluding carboxylic acids is 1. The van der Waals surface area contributed by atoms with Crippen molar-refractivity contribution in [1.82, 2.24) is 24.5 Å². The van der Waals surface area contributed by atoms with E-state index in [1.54, 1.807) is 18.2 Å². The SMILES string of the molecule is O=C(Cc1nn2c(=O)cc(C3CCN(Cc4ccccc4)CC3)nc2[nH]1)c1ccccc1. The highest BCUT2D eigenvalue weighted by molar-refractivity contribution is 5.97. The van der Waals surface area contributed by atoms with E-state index in [0.717, 1.165) is 38.2 Å². The molecule has 0 unspecified atom stereocenters. The van der Waals surface area contributed by atoms with Gasteiger partial charge in [0.25, 0.3) is 5.56 Å². The van der Waals surface area contributed by atoms with Gasteiger partial charge in [0.05, 0.1) is 12.1 Å². The molecule has 2 aromatic carbocycles. The Morgan fingerprint density at radius 3 is 2.41 bits per heavy atom. The number of hydrogen-bond donors (Lipinski definition) is 1. The van der Waals surface area contributed by atoms with Crippen molar-refractivity contribution in [1.29, 1.82) is 0 Å². The number of hydrogen-bond acceptors (Lipinski definition) is 5. The van der Waals surface area contributed by atoms with Crippen molar-refractivity contribution in [3.8, 4) is 0 Å². The minimum atomic E-state index is -0.216. The lowest BCUT2D eigenvalue weighted by Crippen LogP contribution is -2.33. The average molecular weight is 428 g/mol. The number of Topliss-reactive ketones (excluding diaryl/α,β-unsaturated/α-hetero) is 1. The number of rotatable bonds is 6. The third-order valence-corrected chi connectivity index (χ3v) is 6.07. The number of nitrogens with zero attached hydrogens (tertiary/aromatic N) is 4. The Morgan fingerprint density at radius 2 is 1.69 bits per heavy atom. The van der Waals surface area contributed by atoms with Crippen molar-refractivity contribution in [3.63, 3.8) is 0 Å². The molecule has 5 rings (SSSR count). The molecule has 4 aromatic rings. The minimum absolute atomic E-state index is 0.0521. The monoisotopic (exact) mass is 427 g/mol. The van der Waals surface area contributed by atoms with Gasteiger partial charge in [-0.05, 0) is 31.5 Å². The molecule has 0 bridgehead atoms. The number of carbonyl (C=O) groups is 1. The van der Waals surface area contributed by atoms with Gasteiger partial charge in [-0.15, -0.1) is 5.10 Å². The number of piperidine rings is 1. The van der Waals surface area contributed by atoms with Gasteiger partial charge in [-0.3, -0.25) is 14.5 Å². The highest BCUT2D eigenvalue weighted by atomic mass is 16.1. The molecule has 2 aromatic heterocycles. The summed E-state index contributed by atoms with van der Waals surface area (Å²) in [5.74, 6) is 1.04. The maximum Gasteiger partial charge on any atom is 0.275 e. The van der Waals surface area contributed by atoms with E-state index >= 15 is 0 Å². The molecular formula is C25H25N5O2. The quantitative estimate of drug-likeness (QED) is 0.478. The molecule has 0 spiro atoms. The molecule has 162 valence electrons. The van der Waals surface area contributed by atoms with E-state index in [1.165, 1.54) is 10.1 Å². The summed E-state index contributed by atoms with van der Waals surface area (Å²) in [5, 5.41) is 4.28. The van der Waals surface area contributed by atoms with Crippen LogP contribution in [-0.4, -0.2) is 43.4 Å². The molecule has 0 aliphatic carbocycles. The average Bonchev–Trinajstić information content (AvgIpc) is 3.24. The Bertz CT molecular complexity index is 1270. The molecule has 0 saturated carbocycles. The molecule has 1 fully saturated rings. The third-order valence-electron chi connectivity index (χ3n) is 6.07. The fourth-order valence-electron chi connectivity index (χ4n) is 4.34. The first kappa shape index (κ1) is 20.3. The number of likely N-dealkylation sites (tertiary alicyclic amines) is 1. The summed E-state index contributed by atoms with van der Waals surface area (Å²) in [4.78, 5) is 35.3. The van der Waals surface area contributed by atoms with E-state index in [4.69, 9.17) is 0 Å². The largest absolute Gasteiger partial charge is 0.310 e. The van der Waals surface area contributed by atoms with Gasteiger partial charge < -0.3 is 4.98 Å². The van der Waals surface area contributed by atoms with Gasteiger partial charge in [0.2, 0.25) is 5.78 Å². The van der Waals surface area contributed by atoms with Crippen LogP contribution in [0, 0.1) is 0 Å². The van der Waals surface area contributed by atoms with E-state index < -0.39 is 0 Å². The minimum Gasteiger partial charge on any atom is -0.310 e. The van der Waals surface area contributed by atoms with Crippen LogP contribution >= 0.6 is 0 Å². The molecule has 1 saturated heterocycles. The Kier molecular flexibility index (Phi) is 5.64. The highest BCUT2D eigenvalue weighted by Gasteiger charge is 2.23. The topological polar surface area (TPSA) is 83.4 Å². The van der Waals surface area contributed by atoms with Gasteiger partial charge >= 0.3 is 0 Å². The van der Waals surface area contributed by atoms with Gasteiger partial charge in [0.15, 0.2) is 5.78 Å². The fraction of sp³-hybridized carbons (Fsp3) is 0.280. The van der Waals surface area contributed by atoms with Crippen LogP contribution in [0.3, 0.4) is 0 Å². The number of ketones is 1. The normalized spacial score (nSPS) is 15.2. The van der Waals surface area contributed by atoms with Crippen LogP contribution in [-0.2, 0) is 13.0 Å². The lowest BCUT2D eigenvalue weighted by atomic mass is 9.93. The van der Waals surface area contributed by atoms with Crippen molar-refractivity contribution in [2.75, 3.05) is 13.1 Å². The van der Waals surface area contributed by atoms with Crippen LogP contribution in [0.25, 0.3) is 5.78 Å². The smallest absolute Gasteiger partial charge is 0.275 e. The molecular weight excluding hydrogens is 402 g/mol. The summed E-state index contributed by atoms with van der Waals surface area (Å²) < 4.78 is 1.25. The first-order valence-corrected chi connectivity index (χ1v) is 11.0. The fourth-order valence-corrected chi connectivity index (χ4v) is 4.34. The molecule has 0 radical (unpaired) electrons. The van der Waals surface area contributed by atoms with Gasteiger partial charge in [0.1, 0.15) is 5.82 Å². The summed E-state index contributed by atoms with van der Waals surface area (Å²) in [5.41, 5.74) is 2.53. The standard InChI is InChI=1S/C25H25N5O2/c31-22(20-9-5-2-6-10-20)16-23-27-25-26-21(15-24(32)30(25)28-23)19-11-13-29(14-12-19)17-18-7-3-1-4-8-18/h1-10,15,19H,11-14,16-17H2,(H,26,27,28). The number of nitrogens with one attached hydrogen (secondary N) is 1. The van der Waals surface area contributed by atoms with Crippen molar-refractivity contribution in [3.05, 3.63) is 99.7 Å². The van der Waals surface area contributed by atoms with Gasteiger partial charge in [0, 0.05) is 24.1 Å². The molecule has 1 N–H and O–H groups in total. The van der Waals surface area contributed by atoms with E-state index in [0.29, 0.717) is 17.2 Å². The first-order valence-electron chi connectivity index (χ1n) is 11.0. The molecule has 7 heteroatoms. The third kappa shape index (κ3) is 4.38. The molecule has 1 aliphatic rings. The lowest BCUT2D eigenvalue weighted by molar-refractivity contribution is 0.0991. The Balaban J connectivity index is 1.28. The predicted molar refractivity (Wildman–Crippen MR) is 122 cm³/mol. The van der Waals surface area contributed by atoms with Crippen molar-refractivity contribution < 1.29 is 4.79 Å². The van der Waals surface area contributed by atoms with Crippen molar-refractivity contribution in [2.45, 2.75) is 31.7 Å². The molecule has 7 nitrogen and oxygen atoms in total. The number of benzene rings is 2. The number of fused-ring (bicyclic) bond motifs is 1. The van der Waals surface area contributed by atoms with Crippen LogP contribution in [0.1, 0.15) is 46.2 Å². The number of aromatic nitrogens is 4. The van der Waals surface area contributed by atoms with E-state index in [9.17, 15) is 9.59 Å². The zero-order valence-corrected chi connectivity index (χ0v) is 17.8. The molecule has 3 heterocycles. The van der Waals surface area contributed by atoms with Crippen LogP contribution in [0.15, 0.2) is 71.5 Å². The van der Waals surface area contributed by atoms with Crippen LogP contribution in [0.2, 0.25) is 0 Å². The summed E-state index contributed by atoms with van der Waals surface area (Å²) in [7, 11) is 0. The van der Waals surface area contributed by atoms with Crippen LogP contribution in [0.5, 0.6) is 0 Å². The zero-order chi connectivity index (χ0) is 21.9.